The lowest BCUT2D eigenvalue weighted by Crippen LogP contribution is -2.48. The first kappa shape index (κ1) is 29.1. The van der Waals surface area contributed by atoms with Crippen molar-refractivity contribution in [2.24, 2.45) is 39.1 Å². The van der Waals surface area contributed by atoms with Crippen molar-refractivity contribution in [2.75, 3.05) is 72.0 Å². The van der Waals surface area contributed by atoms with Crippen LogP contribution in [-0.4, -0.2) is 98.5 Å². The van der Waals surface area contributed by atoms with E-state index < -0.39 is 11.8 Å². The molecule has 2 amide bonds. The molecule has 1 saturated heterocycles. The summed E-state index contributed by atoms with van der Waals surface area (Å²) in [5.74, 6) is -0.320. The molecule has 1 fully saturated rings. The third-order valence-corrected chi connectivity index (χ3v) is 6.17. The van der Waals surface area contributed by atoms with Crippen LogP contribution in [0.3, 0.4) is 0 Å². The van der Waals surface area contributed by atoms with Crippen molar-refractivity contribution in [1.29, 1.82) is 0 Å². The number of rotatable bonds is 11. The predicted molar refractivity (Wildman–Crippen MR) is 129 cm³/mol. The summed E-state index contributed by atoms with van der Waals surface area (Å²) in [5, 5.41) is 6.12. The number of hydrogen-bond donors (Lipinski definition) is 2. The fourth-order valence-electron chi connectivity index (χ4n) is 4.71. The normalized spacial score (nSPS) is 22.8. The third-order valence-electron chi connectivity index (χ3n) is 6.17. The van der Waals surface area contributed by atoms with Crippen molar-refractivity contribution >= 4 is 11.8 Å². The zero-order chi connectivity index (χ0) is 24.9. The van der Waals surface area contributed by atoms with E-state index in [1.165, 1.54) is 0 Å². The minimum Gasteiger partial charge on any atom is -0.369 e. The van der Waals surface area contributed by atoms with E-state index in [2.05, 4.69) is 40.9 Å². The van der Waals surface area contributed by atoms with E-state index >= 15 is 0 Å². The number of carbonyl (C=O) groups is 2. The molecule has 0 bridgehead atoms. The molecule has 0 aliphatic carbocycles. The molecule has 0 aromatic heterocycles. The van der Waals surface area contributed by atoms with Crippen LogP contribution >= 0.6 is 0 Å². The molecular formula is C22H43N7O4. The Morgan fingerprint density at radius 1 is 0.818 bits per heavy atom. The molecule has 0 spiro atoms. The van der Waals surface area contributed by atoms with Gasteiger partial charge in [-0.3, -0.25) is 19.4 Å². The molecule has 0 aromatic rings. The summed E-state index contributed by atoms with van der Waals surface area (Å²) in [5.41, 5.74) is 11.1. The molecular weight excluding hydrogens is 426 g/mol. The average Bonchev–Trinajstić information content (AvgIpc) is 2.69. The van der Waals surface area contributed by atoms with Gasteiger partial charge in [-0.1, -0.05) is 31.1 Å². The molecule has 11 nitrogen and oxygen atoms in total. The number of nitroso groups, excluding NO2 is 2. The van der Waals surface area contributed by atoms with Gasteiger partial charge in [0, 0.05) is 39.3 Å². The first-order chi connectivity index (χ1) is 15.5. The van der Waals surface area contributed by atoms with E-state index in [1.54, 1.807) is 0 Å². The summed E-state index contributed by atoms with van der Waals surface area (Å²) >= 11 is 0. The van der Waals surface area contributed by atoms with E-state index in [4.69, 9.17) is 11.5 Å². The second-order valence-electron chi connectivity index (χ2n) is 10.4. The van der Waals surface area contributed by atoms with E-state index in [0.717, 1.165) is 19.4 Å². The molecule has 0 saturated carbocycles. The lowest BCUT2D eigenvalue weighted by molar-refractivity contribution is -0.121. The van der Waals surface area contributed by atoms with Crippen molar-refractivity contribution in [2.45, 2.75) is 40.0 Å². The number of primary amides is 2. The minimum atomic E-state index is -0.406. The zero-order valence-corrected chi connectivity index (χ0v) is 20.6. The van der Waals surface area contributed by atoms with Gasteiger partial charge in [-0.2, -0.15) is 9.81 Å². The van der Waals surface area contributed by atoms with Crippen LogP contribution < -0.4 is 11.5 Å². The van der Waals surface area contributed by atoms with Gasteiger partial charge in [-0.25, -0.2) is 0 Å². The number of hydrogen-bond acceptors (Lipinski definition) is 9. The highest BCUT2D eigenvalue weighted by Gasteiger charge is 2.30. The summed E-state index contributed by atoms with van der Waals surface area (Å²) in [6.07, 6.45) is 2.45. The predicted octanol–water partition coefficient (Wildman–Crippen LogP) is 0.858. The first-order valence-corrected chi connectivity index (χ1v) is 11.9. The van der Waals surface area contributed by atoms with Gasteiger partial charge in [0.05, 0.1) is 26.2 Å². The van der Waals surface area contributed by atoms with Crippen molar-refractivity contribution in [3.8, 4) is 0 Å². The van der Waals surface area contributed by atoms with Gasteiger partial charge in [0.25, 0.3) is 0 Å². The maximum atomic E-state index is 11.8. The van der Waals surface area contributed by atoms with Crippen LogP contribution in [0, 0.1) is 27.1 Å². The number of nitrogens with two attached hydrogens (primary N) is 2. The van der Waals surface area contributed by atoms with Crippen LogP contribution in [0.2, 0.25) is 0 Å². The maximum Gasteiger partial charge on any atom is 0.231 e. The summed E-state index contributed by atoms with van der Waals surface area (Å²) in [7, 11) is 0. The van der Waals surface area contributed by atoms with Crippen molar-refractivity contribution in [3.05, 3.63) is 9.81 Å². The van der Waals surface area contributed by atoms with Crippen LogP contribution in [0.15, 0.2) is 10.4 Å². The van der Waals surface area contributed by atoms with E-state index in [1.807, 2.05) is 4.90 Å². The topological polar surface area (TPSA) is 155 Å². The van der Waals surface area contributed by atoms with E-state index in [0.29, 0.717) is 45.7 Å². The number of nitrogens with zero attached hydrogens (tertiary/aromatic N) is 5. The van der Waals surface area contributed by atoms with Crippen LogP contribution in [0.4, 0.5) is 0 Å². The maximum absolute atomic E-state index is 11.8. The molecule has 2 unspecified atom stereocenters. The Morgan fingerprint density at radius 2 is 1.36 bits per heavy atom. The third kappa shape index (κ3) is 13.3. The molecule has 1 rings (SSSR count). The van der Waals surface area contributed by atoms with Crippen molar-refractivity contribution in [1.82, 2.24) is 14.7 Å². The molecule has 11 heteroatoms. The Morgan fingerprint density at radius 3 is 1.91 bits per heavy atom. The number of carbonyl (C=O) groups excluding carboxylic acids is 2. The van der Waals surface area contributed by atoms with Crippen molar-refractivity contribution < 1.29 is 9.59 Å². The molecule has 1 aliphatic heterocycles. The van der Waals surface area contributed by atoms with Crippen LogP contribution in [0.1, 0.15) is 40.0 Å². The van der Waals surface area contributed by atoms with Crippen LogP contribution in [-0.2, 0) is 9.59 Å². The molecule has 190 valence electrons. The standard InChI is InChI=1S/C22H43N7O4/c1-22(2,3)14-19-15-29(17-21(24)31)13-12-28(16-20(23)30)11-10-27(9-7-26-33)8-5-18(19)4-6-25-32/h18-19H,4-17H2,1-3H3,(H2,23,30)(H2,24,31). The Hall–Kier alpha value is -1.98. The number of amides is 2. The van der Waals surface area contributed by atoms with Crippen LogP contribution in [0.5, 0.6) is 0 Å². The zero-order valence-electron chi connectivity index (χ0n) is 20.6. The largest absolute Gasteiger partial charge is 0.369 e. The SMILES string of the molecule is CC(C)(C)CC1CN(CC(N)=O)CCN(CC(N)=O)CCN(CCN=O)CCC1CCN=O. The fourth-order valence-corrected chi connectivity index (χ4v) is 4.71. The summed E-state index contributed by atoms with van der Waals surface area (Å²) in [4.78, 5) is 51.3. The Kier molecular flexibility index (Phi) is 13.2. The van der Waals surface area contributed by atoms with Gasteiger partial charge in [-0.15, -0.1) is 0 Å². The monoisotopic (exact) mass is 469 g/mol. The lowest BCUT2D eigenvalue weighted by Gasteiger charge is -2.38. The smallest absolute Gasteiger partial charge is 0.231 e. The highest BCUT2D eigenvalue weighted by Crippen LogP contribution is 2.33. The lowest BCUT2D eigenvalue weighted by atomic mass is 9.75. The molecule has 33 heavy (non-hydrogen) atoms. The molecule has 4 N–H and O–H groups in total. The summed E-state index contributed by atoms with van der Waals surface area (Å²) < 4.78 is 0. The van der Waals surface area contributed by atoms with E-state index in [9.17, 15) is 19.4 Å². The molecule has 2 atom stereocenters. The Balaban J connectivity index is 3.20. The Bertz CT molecular complexity index is 626. The highest BCUT2D eigenvalue weighted by atomic mass is 16.3. The van der Waals surface area contributed by atoms with Gasteiger partial charge in [0.1, 0.15) is 0 Å². The van der Waals surface area contributed by atoms with Gasteiger partial charge < -0.3 is 16.4 Å². The fraction of sp³-hybridized carbons (Fsp3) is 0.909. The molecule has 0 radical (unpaired) electrons. The second kappa shape index (κ2) is 15.0. The quantitative estimate of drug-likeness (QED) is 0.425. The van der Waals surface area contributed by atoms with Gasteiger partial charge in [0.2, 0.25) is 11.8 Å². The first-order valence-electron chi connectivity index (χ1n) is 11.9. The van der Waals surface area contributed by atoms with Gasteiger partial charge in [-0.05, 0) is 43.1 Å². The van der Waals surface area contributed by atoms with Gasteiger partial charge >= 0.3 is 0 Å². The van der Waals surface area contributed by atoms with Gasteiger partial charge in [0.15, 0.2) is 0 Å². The van der Waals surface area contributed by atoms with Crippen LogP contribution in [0.25, 0.3) is 0 Å². The average molecular weight is 470 g/mol. The highest BCUT2D eigenvalue weighted by molar-refractivity contribution is 5.76. The van der Waals surface area contributed by atoms with E-state index in [-0.39, 0.29) is 43.4 Å². The van der Waals surface area contributed by atoms with Crippen molar-refractivity contribution in [3.63, 3.8) is 0 Å². The summed E-state index contributed by atoms with van der Waals surface area (Å²) in [6.45, 7) is 11.7. The Labute approximate surface area is 197 Å². The second-order valence-corrected chi connectivity index (χ2v) is 10.4. The molecule has 1 aliphatic rings. The molecule has 1 heterocycles. The minimum absolute atomic E-state index is 0.0616. The molecule has 0 aromatic carbocycles. The summed E-state index contributed by atoms with van der Waals surface area (Å²) in [6, 6.07) is 0.